The number of hydrogen-bond donors (Lipinski definition) is 0. The van der Waals surface area contributed by atoms with Gasteiger partial charge in [-0.2, -0.15) is 5.26 Å². The van der Waals surface area contributed by atoms with Gasteiger partial charge in [-0.3, -0.25) is 0 Å². The van der Waals surface area contributed by atoms with E-state index in [0.717, 1.165) is 12.1 Å². The molecule has 0 aromatic heterocycles. The monoisotopic (exact) mass is 612 g/mol. The predicted molar refractivity (Wildman–Crippen MR) is 151 cm³/mol. The molecule has 0 saturated carbocycles. The fourth-order valence-corrected chi connectivity index (χ4v) is 4.35. The summed E-state index contributed by atoms with van der Waals surface area (Å²) < 4.78 is 57.9. The second kappa shape index (κ2) is 14.7. The first-order valence-electron chi connectivity index (χ1n) is 12.2. The first kappa shape index (κ1) is 31.7. The van der Waals surface area contributed by atoms with Gasteiger partial charge in [-0.05, 0) is 30.2 Å². The number of nitrogens with zero attached hydrogens (tertiary/aromatic N) is 1. The van der Waals surface area contributed by atoms with Gasteiger partial charge in [-0.1, -0.05) is 48.7 Å². The molecule has 0 heterocycles. The average Bonchev–Trinajstić information content (AvgIpc) is 2.90. The van der Waals surface area contributed by atoms with E-state index in [0.29, 0.717) is 6.61 Å². The van der Waals surface area contributed by atoms with Crippen LogP contribution in [0, 0.1) is 34.9 Å². The summed E-state index contributed by atoms with van der Waals surface area (Å²) >= 11 is 19.0. The van der Waals surface area contributed by atoms with Crippen molar-refractivity contribution in [2.24, 2.45) is 5.92 Å². The smallest absolute Gasteiger partial charge is 0.146 e. The van der Waals surface area contributed by atoms with E-state index in [1.807, 2.05) is 19.9 Å². The van der Waals surface area contributed by atoms with E-state index in [9.17, 15) is 5.26 Å². The molecule has 1 radical (unpaired) electrons. The first-order valence-corrected chi connectivity index (χ1v) is 13.3. The van der Waals surface area contributed by atoms with Gasteiger partial charge in [0.15, 0.2) is 0 Å². The highest BCUT2D eigenvalue weighted by Gasteiger charge is 2.26. The van der Waals surface area contributed by atoms with E-state index in [1.165, 1.54) is 26.4 Å². The standard InChI is InChI=1S/C29H27Cl3F2NO5/c1-16(2)15-40-27-10-17(24(33)12-22(27)31)18-9-23(32)28(20(14-35)29(18)39-8-6-37-4)19-11-26(38-7-5-36-3)21(30)13-25(19)34/h10-13,16H,5-8,15H2,1-4H3. The Labute approximate surface area is 247 Å². The molecule has 3 rings (SSSR count). The molecule has 0 bridgehead atoms. The van der Waals surface area contributed by atoms with E-state index in [2.05, 4.69) is 6.07 Å². The number of hydrogen-bond acceptors (Lipinski definition) is 6. The molecule has 0 spiro atoms. The van der Waals surface area contributed by atoms with Gasteiger partial charge in [0.1, 0.15) is 53.7 Å². The van der Waals surface area contributed by atoms with Crippen molar-refractivity contribution in [2.45, 2.75) is 13.8 Å². The Balaban J connectivity index is 2.27. The van der Waals surface area contributed by atoms with E-state index in [-0.39, 0.29) is 92.5 Å². The summed E-state index contributed by atoms with van der Waals surface area (Å²) in [4.78, 5) is 0. The molecule has 0 N–H and O–H groups in total. The van der Waals surface area contributed by atoms with Crippen LogP contribution in [0.15, 0.2) is 24.3 Å². The van der Waals surface area contributed by atoms with Crippen LogP contribution in [-0.4, -0.2) is 47.3 Å². The van der Waals surface area contributed by atoms with E-state index >= 15 is 8.78 Å². The van der Waals surface area contributed by atoms with Crippen LogP contribution in [0.2, 0.25) is 15.1 Å². The number of methoxy groups -OCH3 is 2. The quantitative estimate of drug-likeness (QED) is 0.182. The van der Waals surface area contributed by atoms with Crippen LogP contribution in [0.4, 0.5) is 8.78 Å². The minimum Gasteiger partial charge on any atom is -0.492 e. The number of halogens is 5. The van der Waals surface area contributed by atoms with Crippen molar-refractivity contribution in [1.29, 1.82) is 5.26 Å². The van der Waals surface area contributed by atoms with Crippen molar-refractivity contribution in [3.63, 3.8) is 0 Å². The Hall–Kier alpha value is -2.80. The zero-order valence-corrected chi connectivity index (χ0v) is 24.6. The maximum Gasteiger partial charge on any atom is 0.146 e. The van der Waals surface area contributed by atoms with Gasteiger partial charge in [0.05, 0.1) is 34.9 Å². The average molecular weight is 614 g/mol. The van der Waals surface area contributed by atoms with Gasteiger partial charge < -0.3 is 23.7 Å². The lowest BCUT2D eigenvalue weighted by Crippen LogP contribution is -2.09. The summed E-state index contributed by atoms with van der Waals surface area (Å²) in [6.45, 7) is 4.80. The van der Waals surface area contributed by atoms with Crippen molar-refractivity contribution in [1.82, 2.24) is 0 Å². The molecule has 11 heteroatoms. The topological polar surface area (TPSA) is 69.9 Å². The number of nitriles is 1. The summed E-state index contributed by atoms with van der Waals surface area (Å²) in [5.74, 6) is -1.02. The molecular weight excluding hydrogens is 587 g/mol. The summed E-state index contributed by atoms with van der Waals surface area (Å²) in [7, 11) is 2.98. The summed E-state index contributed by atoms with van der Waals surface area (Å²) in [5, 5.41) is 10.2. The Morgan fingerprint density at radius 1 is 0.825 bits per heavy atom. The SMILES string of the molecule is COCCOc1cc(-c2c(Cl)[c]c(-c3cc(OCC(C)C)c(Cl)cc3F)c(OCCOC)c2C#N)c(F)cc1Cl. The minimum atomic E-state index is -0.770. The second-order valence-electron chi connectivity index (χ2n) is 8.92. The van der Waals surface area contributed by atoms with Crippen molar-refractivity contribution in [3.8, 4) is 45.6 Å². The maximum absolute atomic E-state index is 15.3. The van der Waals surface area contributed by atoms with Crippen LogP contribution in [0.3, 0.4) is 0 Å². The molecule has 6 nitrogen and oxygen atoms in total. The first-order chi connectivity index (χ1) is 19.1. The molecular formula is C29H27Cl3F2NO5. The van der Waals surface area contributed by atoms with Gasteiger partial charge in [0.2, 0.25) is 0 Å². The van der Waals surface area contributed by atoms with Crippen molar-refractivity contribution >= 4 is 34.8 Å². The Kier molecular flexibility index (Phi) is 11.7. The number of rotatable bonds is 13. The Bertz CT molecular complexity index is 1400. The fourth-order valence-electron chi connectivity index (χ4n) is 3.65. The minimum absolute atomic E-state index is 0.00646. The van der Waals surface area contributed by atoms with E-state index < -0.39 is 11.6 Å². The third-order valence-corrected chi connectivity index (χ3v) is 6.38. The number of benzene rings is 3. The largest absolute Gasteiger partial charge is 0.492 e. The Morgan fingerprint density at radius 2 is 1.38 bits per heavy atom. The summed E-state index contributed by atoms with van der Waals surface area (Å²) in [6, 6.07) is 9.75. The van der Waals surface area contributed by atoms with Crippen LogP contribution in [0.5, 0.6) is 17.2 Å². The molecule has 0 aliphatic heterocycles. The van der Waals surface area contributed by atoms with Gasteiger partial charge in [0, 0.05) is 42.5 Å². The highest BCUT2D eigenvalue weighted by Crippen LogP contribution is 2.47. The third kappa shape index (κ3) is 7.48. The molecule has 3 aromatic carbocycles. The molecule has 213 valence electrons. The predicted octanol–water partition coefficient (Wildman–Crippen LogP) is 8.02. The van der Waals surface area contributed by atoms with Gasteiger partial charge in [-0.25, -0.2) is 8.78 Å². The van der Waals surface area contributed by atoms with Crippen LogP contribution in [0.1, 0.15) is 19.4 Å². The van der Waals surface area contributed by atoms with E-state index in [1.54, 1.807) is 0 Å². The van der Waals surface area contributed by atoms with Crippen molar-refractivity contribution in [3.05, 3.63) is 62.6 Å². The molecule has 0 fully saturated rings. The number of ether oxygens (including phenoxy) is 5. The molecule has 40 heavy (non-hydrogen) atoms. The van der Waals surface area contributed by atoms with E-state index in [4.69, 9.17) is 58.5 Å². The van der Waals surface area contributed by atoms with Crippen molar-refractivity contribution in [2.75, 3.05) is 47.3 Å². The Morgan fingerprint density at radius 3 is 1.95 bits per heavy atom. The molecule has 0 saturated heterocycles. The van der Waals surface area contributed by atoms with Crippen LogP contribution in [0.25, 0.3) is 22.3 Å². The lowest BCUT2D eigenvalue weighted by molar-refractivity contribution is 0.146. The molecule has 0 aliphatic carbocycles. The summed E-state index contributed by atoms with van der Waals surface area (Å²) in [5.41, 5.74) is -0.276. The van der Waals surface area contributed by atoms with Gasteiger partial charge >= 0.3 is 0 Å². The second-order valence-corrected chi connectivity index (χ2v) is 10.1. The molecule has 0 unspecified atom stereocenters. The highest BCUT2D eigenvalue weighted by atomic mass is 35.5. The van der Waals surface area contributed by atoms with Crippen LogP contribution < -0.4 is 14.2 Å². The van der Waals surface area contributed by atoms with Gasteiger partial charge in [-0.15, -0.1) is 0 Å². The maximum atomic E-state index is 15.3. The molecule has 0 amide bonds. The lowest BCUT2D eigenvalue weighted by Gasteiger charge is -2.20. The molecule has 0 atom stereocenters. The zero-order valence-electron chi connectivity index (χ0n) is 22.3. The van der Waals surface area contributed by atoms with Crippen LogP contribution in [-0.2, 0) is 9.47 Å². The lowest BCUT2D eigenvalue weighted by atomic mass is 9.93. The normalized spacial score (nSPS) is 11.0. The zero-order chi connectivity index (χ0) is 29.4. The highest BCUT2D eigenvalue weighted by molar-refractivity contribution is 6.34. The van der Waals surface area contributed by atoms with Crippen molar-refractivity contribution < 1.29 is 32.5 Å². The molecule has 3 aromatic rings. The van der Waals surface area contributed by atoms with Gasteiger partial charge in [0.25, 0.3) is 0 Å². The van der Waals surface area contributed by atoms with Crippen LogP contribution >= 0.6 is 34.8 Å². The third-order valence-electron chi connectivity index (χ3n) is 5.50. The summed E-state index contributed by atoms with van der Waals surface area (Å²) in [6.07, 6.45) is 0. The fraction of sp³-hybridized carbons (Fsp3) is 0.345. The molecule has 0 aliphatic rings.